The third kappa shape index (κ3) is 4.81. The van der Waals surface area contributed by atoms with Gasteiger partial charge in [-0.05, 0) is 44.4 Å². The molecule has 0 radical (unpaired) electrons. The molecule has 0 spiro atoms. The monoisotopic (exact) mass is 282 g/mol. The maximum Gasteiger partial charge on any atom is 0.141 e. The van der Waals surface area contributed by atoms with Gasteiger partial charge in [-0.1, -0.05) is 0 Å². The van der Waals surface area contributed by atoms with Gasteiger partial charge in [0.05, 0.1) is 18.0 Å². The van der Waals surface area contributed by atoms with Crippen LogP contribution >= 0.6 is 0 Å². The minimum Gasteiger partial charge on any atom is -0.387 e. The number of ether oxygens (including phenoxy) is 1. The van der Waals surface area contributed by atoms with Gasteiger partial charge in [-0.15, -0.1) is 0 Å². The van der Waals surface area contributed by atoms with Gasteiger partial charge in [-0.25, -0.2) is 4.39 Å². The molecule has 1 aliphatic heterocycles. The Kier molecular flexibility index (Phi) is 5.88. The van der Waals surface area contributed by atoms with Crippen molar-refractivity contribution in [2.75, 3.05) is 33.4 Å². The minimum atomic E-state index is -0.632. The number of pyridine rings is 1. The largest absolute Gasteiger partial charge is 0.387 e. The van der Waals surface area contributed by atoms with Gasteiger partial charge in [0.25, 0.3) is 0 Å². The van der Waals surface area contributed by atoms with Crippen molar-refractivity contribution in [2.24, 2.45) is 5.92 Å². The third-order valence-electron chi connectivity index (χ3n) is 3.79. The second-order valence-electron chi connectivity index (χ2n) is 5.52. The summed E-state index contributed by atoms with van der Waals surface area (Å²) in [6.07, 6.45) is 3.36. The standard InChI is InChI=1S/C15H23FN2O2/c1-18(11-12-5-8-20-9-6-12)7-4-15(19)14-3-2-13(16)10-17-14/h2-3,10,12,15,19H,4-9,11H2,1H3. The molecule has 0 saturated carbocycles. The predicted molar refractivity (Wildman–Crippen MR) is 74.8 cm³/mol. The van der Waals surface area contributed by atoms with Crippen LogP contribution in [0.3, 0.4) is 0 Å². The van der Waals surface area contributed by atoms with E-state index in [1.165, 1.54) is 6.07 Å². The van der Waals surface area contributed by atoms with Crippen molar-refractivity contribution in [3.63, 3.8) is 0 Å². The summed E-state index contributed by atoms with van der Waals surface area (Å²) < 4.78 is 18.1. The van der Waals surface area contributed by atoms with Crippen LogP contribution in [0.5, 0.6) is 0 Å². The second kappa shape index (κ2) is 7.67. The van der Waals surface area contributed by atoms with Crippen LogP contribution in [0.25, 0.3) is 0 Å². The Balaban J connectivity index is 1.71. The van der Waals surface area contributed by atoms with Crippen LogP contribution < -0.4 is 0 Å². The zero-order valence-corrected chi connectivity index (χ0v) is 12.0. The molecule has 4 nitrogen and oxygen atoms in total. The quantitative estimate of drug-likeness (QED) is 0.867. The van der Waals surface area contributed by atoms with Crippen molar-refractivity contribution < 1.29 is 14.2 Å². The molecule has 112 valence electrons. The molecule has 0 aliphatic carbocycles. The summed E-state index contributed by atoms with van der Waals surface area (Å²) in [5, 5.41) is 10.0. The van der Waals surface area contributed by atoms with Crippen LogP contribution in [0.4, 0.5) is 4.39 Å². The molecule has 0 amide bonds. The van der Waals surface area contributed by atoms with E-state index < -0.39 is 6.10 Å². The first kappa shape index (κ1) is 15.4. The summed E-state index contributed by atoms with van der Waals surface area (Å²) in [5.41, 5.74) is 0.533. The molecule has 0 aromatic carbocycles. The average Bonchev–Trinajstić information content (AvgIpc) is 2.46. The van der Waals surface area contributed by atoms with Gasteiger partial charge >= 0.3 is 0 Å². The summed E-state index contributed by atoms with van der Waals surface area (Å²) in [6.45, 7) is 3.56. The summed E-state index contributed by atoms with van der Waals surface area (Å²) in [5.74, 6) is 0.312. The lowest BCUT2D eigenvalue weighted by Crippen LogP contribution is -2.31. The van der Waals surface area contributed by atoms with Crippen molar-refractivity contribution in [1.82, 2.24) is 9.88 Å². The molecule has 1 N–H and O–H groups in total. The van der Waals surface area contributed by atoms with E-state index >= 15 is 0 Å². The molecule has 1 unspecified atom stereocenters. The summed E-state index contributed by atoms with van der Waals surface area (Å²) in [6, 6.07) is 2.87. The minimum absolute atomic E-state index is 0.377. The van der Waals surface area contributed by atoms with E-state index in [0.717, 1.165) is 45.3 Å². The Morgan fingerprint density at radius 1 is 1.45 bits per heavy atom. The van der Waals surface area contributed by atoms with Crippen molar-refractivity contribution in [3.8, 4) is 0 Å². The normalized spacial score (nSPS) is 18.4. The second-order valence-corrected chi connectivity index (χ2v) is 5.52. The molecule has 2 heterocycles. The van der Waals surface area contributed by atoms with Crippen molar-refractivity contribution >= 4 is 0 Å². The van der Waals surface area contributed by atoms with E-state index in [4.69, 9.17) is 4.74 Å². The molecule has 0 bridgehead atoms. The van der Waals surface area contributed by atoms with Crippen LogP contribution in [0, 0.1) is 11.7 Å². The van der Waals surface area contributed by atoms with Crippen LogP contribution in [0.1, 0.15) is 31.1 Å². The lowest BCUT2D eigenvalue weighted by atomic mass is 10.00. The molecule has 5 heteroatoms. The highest BCUT2D eigenvalue weighted by molar-refractivity contribution is 5.07. The molecule has 2 rings (SSSR count). The average molecular weight is 282 g/mol. The van der Waals surface area contributed by atoms with Crippen molar-refractivity contribution in [3.05, 3.63) is 29.8 Å². The van der Waals surface area contributed by atoms with E-state index in [2.05, 4.69) is 16.9 Å². The summed E-state index contributed by atoms with van der Waals surface area (Å²) >= 11 is 0. The molecular weight excluding hydrogens is 259 g/mol. The van der Waals surface area contributed by atoms with Gasteiger partial charge < -0.3 is 14.7 Å². The third-order valence-corrected chi connectivity index (χ3v) is 3.79. The maximum atomic E-state index is 12.8. The molecular formula is C15H23FN2O2. The Labute approximate surface area is 119 Å². The van der Waals surface area contributed by atoms with Gasteiger partial charge in [0.15, 0.2) is 0 Å². The first-order valence-corrected chi connectivity index (χ1v) is 7.21. The van der Waals surface area contributed by atoms with Crippen molar-refractivity contribution in [1.29, 1.82) is 0 Å². The molecule has 20 heavy (non-hydrogen) atoms. The van der Waals surface area contributed by atoms with Gasteiger partial charge in [0.1, 0.15) is 5.82 Å². The SMILES string of the molecule is CN(CCC(O)c1ccc(F)cn1)CC1CCOCC1. The fourth-order valence-electron chi connectivity index (χ4n) is 2.54. The molecule has 1 atom stereocenters. The number of aliphatic hydroxyl groups excluding tert-OH is 1. The summed E-state index contributed by atoms with van der Waals surface area (Å²) in [7, 11) is 2.07. The smallest absolute Gasteiger partial charge is 0.141 e. The van der Waals surface area contributed by atoms with Gasteiger partial charge in [0, 0.05) is 26.3 Å². The Morgan fingerprint density at radius 3 is 2.85 bits per heavy atom. The fraction of sp³-hybridized carbons (Fsp3) is 0.667. The highest BCUT2D eigenvalue weighted by Gasteiger charge is 2.17. The fourth-order valence-corrected chi connectivity index (χ4v) is 2.54. The zero-order valence-electron chi connectivity index (χ0n) is 12.0. The van der Waals surface area contributed by atoms with Crippen LogP contribution in [0.15, 0.2) is 18.3 Å². The Morgan fingerprint density at radius 2 is 2.20 bits per heavy atom. The van der Waals surface area contributed by atoms with Crippen molar-refractivity contribution in [2.45, 2.75) is 25.4 Å². The van der Waals surface area contributed by atoms with Crippen LogP contribution in [0.2, 0.25) is 0 Å². The molecule has 1 aromatic heterocycles. The van der Waals surface area contributed by atoms with Crippen LogP contribution in [-0.2, 0) is 4.74 Å². The van der Waals surface area contributed by atoms with Gasteiger partial charge in [0.2, 0.25) is 0 Å². The van der Waals surface area contributed by atoms with E-state index in [9.17, 15) is 9.50 Å². The number of aromatic nitrogens is 1. The molecule has 1 fully saturated rings. The van der Waals surface area contributed by atoms with E-state index in [0.29, 0.717) is 18.0 Å². The topological polar surface area (TPSA) is 45.6 Å². The highest BCUT2D eigenvalue weighted by Crippen LogP contribution is 2.18. The lowest BCUT2D eigenvalue weighted by Gasteiger charge is -2.27. The Bertz CT molecular complexity index is 393. The van der Waals surface area contributed by atoms with E-state index in [-0.39, 0.29) is 5.82 Å². The highest BCUT2D eigenvalue weighted by atomic mass is 19.1. The number of hydrogen-bond donors (Lipinski definition) is 1. The Hall–Kier alpha value is -1.04. The number of aliphatic hydroxyl groups is 1. The van der Waals surface area contributed by atoms with E-state index in [1.807, 2.05) is 0 Å². The first-order chi connectivity index (χ1) is 9.65. The number of hydrogen-bond acceptors (Lipinski definition) is 4. The van der Waals surface area contributed by atoms with Gasteiger partial charge in [-0.2, -0.15) is 0 Å². The zero-order chi connectivity index (χ0) is 14.4. The number of halogens is 1. The van der Waals surface area contributed by atoms with Crippen LogP contribution in [-0.4, -0.2) is 48.3 Å². The molecule has 1 aromatic rings. The molecule has 1 saturated heterocycles. The number of nitrogens with zero attached hydrogens (tertiary/aromatic N) is 2. The summed E-state index contributed by atoms with van der Waals surface area (Å²) in [4.78, 5) is 6.15. The lowest BCUT2D eigenvalue weighted by molar-refractivity contribution is 0.0533. The first-order valence-electron chi connectivity index (χ1n) is 7.21. The molecule has 1 aliphatic rings. The van der Waals surface area contributed by atoms with Gasteiger partial charge in [-0.3, -0.25) is 4.98 Å². The van der Waals surface area contributed by atoms with E-state index in [1.54, 1.807) is 6.07 Å². The maximum absolute atomic E-state index is 12.8. The number of rotatable bonds is 6. The predicted octanol–water partition coefficient (Wildman–Crippen LogP) is 2.00.